The van der Waals surface area contributed by atoms with Gasteiger partial charge >= 0.3 is 0 Å². The van der Waals surface area contributed by atoms with Crippen LogP contribution in [0, 0.1) is 11.7 Å². The van der Waals surface area contributed by atoms with Gasteiger partial charge < -0.3 is 10.1 Å². The third-order valence-electron chi connectivity index (χ3n) is 2.16. The van der Waals surface area contributed by atoms with Gasteiger partial charge in [0.05, 0.1) is 6.20 Å². The summed E-state index contributed by atoms with van der Waals surface area (Å²) < 4.78 is 18.9. The van der Waals surface area contributed by atoms with Crippen molar-refractivity contribution >= 4 is 0 Å². The largest absolute Gasteiger partial charge is 0.472 e. The van der Waals surface area contributed by atoms with Crippen LogP contribution in [0.1, 0.15) is 40.2 Å². The second-order valence-corrected chi connectivity index (χ2v) is 5.86. The van der Waals surface area contributed by atoms with E-state index in [4.69, 9.17) is 4.74 Å². The first-order valence-corrected chi connectivity index (χ1v) is 6.32. The minimum Gasteiger partial charge on any atom is -0.472 e. The molecule has 0 fully saturated rings. The molecule has 0 bridgehead atoms. The minimum absolute atomic E-state index is 0.336. The molecule has 0 radical (unpaired) electrons. The zero-order chi connectivity index (χ0) is 13.8. The first-order valence-electron chi connectivity index (χ1n) is 6.32. The quantitative estimate of drug-likeness (QED) is 0.876. The highest BCUT2D eigenvalue weighted by atomic mass is 19.1. The molecule has 1 N–H and O–H groups in total. The van der Waals surface area contributed by atoms with Crippen LogP contribution in [0.15, 0.2) is 12.3 Å². The molecule has 0 unspecified atom stereocenters. The fraction of sp³-hybridized carbons (Fsp3) is 0.643. The molecule has 0 saturated carbocycles. The summed E-state index contributed by atoms with van der Waals surface area (Å²) in [7, 11) is 0. The number of pyridine rings is 1. The van der Waals surface area contributed by atoms with E-state index in [0.29, 0.717) is 18.3 Å². The Balaban J connectivity index is 2.77. The fourth-order valence-electron chi connectivity index (χ4n) is 1.47. The summed E-state index contributed by atoms with van der Waals surface area (Å²) in [5.41, 5.74) is 0.419. The fourth-order valence-corrected chi connectivity index (χ4v) is 1.47. The minimum atomic E-state index is -0.336. The molecule has 0 aromatic carbocycles. The molecule has 1 aromatic rings. The second-order valence-electron chi connectivity index (χ2n) is 5.86. The molecule has 3 nitrogen and oxygen atoms in total. The Labute approximate surface area is 109 Å². The zero-order valence-corrected chi connectivity index (χ0v) is 11.9. The zero-order valence-electron chi connectivity index (χ0n) is 11.9. The Morgan fingerprint density at radius 2 is 2.06 bits per heavy atom. The van der Waals surface area contributed by atoms with E-state index in [1.807, 2.05) is 20.8 Å². The lowest BCUT2D eigenvalue weighted by atomic mass is 10.2. The van der Waals surface area contributed by atoms with Crippen LogP contribution in [0.3, 0.4) is 0 Å². The lowest BCUT2D eigenvalue weighted by Crippen LogP contribution is -2.26. The molecule has 0 saturated heterocycles. The first-order chi connectivity index (χ1) is 8.28. The van der Waals surface area contributed by atoms with Crippen LogP contribution >= 0.6 is 0 Å². The number of nitrogens with zero attached hydrogens (tertiary/aromatic N) is 1. The molecule has 1 rings (SSSR count). The summed E-state index contributed by atoms with van der Waals surface area (Å²) in [5.74, 6) is 0.719. The Hall–Kier alpha value is -1.16. The molecule has 0 aliphatic heterocycles. The van der Waals surface area contributed by atoms with Crippen LogP contribution in [-0.2, 0) is 6.54 Å². The number of hydrogen-bond acceptors (Lipinski definition) is 3. The molecule has 102 valence electrons. The van der Waals surface area contributed by atoms with Crippen molar-refractivity contribution in [3.63, 3.8) is 0 Å². The van der Waals surface area contributed by atoms with Crippen molar-refractivity contribution in [1.29, 1.82) is 0 Å². The van der Waals surface area contributed by atoms with Crippen molar-refractivity contribution < 1.29 is 9.13 Å². The topological polar surface area (TPSA) is 34.2 Å². The van der Waals surface area contributed by atoms with Gasteiger partial charge in [0.25, 0.3) is 0 Å². The molecule has 1 heterocycles. The summed E-state index contributed by atoms with van der Waals surface area (Å²) in [6, 6.07) is 1.47. The third kappa shape index (κ3) is 5.45. The lowest BCUT2D eigenvalue weighted by molar-refractivity contribution is 0.122. The summed E-state index contributed by atoms with van der Waals surface area (Å²) in [6.45, 7) is 11.5. The van der Waals surface area contributed by atoms with E-state index in [9.17, 15) is 4.39 Å². The highest BCUT2D eigenvalue weighted by Gasteiger charge is 2.16. The van der Waals surface area contributed by atoms with E-state index in [-0.39, 0.29) is 11.4 Å². The van der Waals surface area contributed by atoms with E-state index < -0.39 is 0 Å². The maximum Gasteiger partial charge on any atom is 0.218 e. The van der Waals surface area contributed by atoms with Gasteiger partial charge in [-0.1, -0.05) is 13.8 Å². The number of nitrogens with one attached hydrogen (secondary N) is 1. The van der Waals surface area contributed by atoms with Gasteiger partial charge in [-0.2, -0.15) is 0 Å². The van der Waals surface area contributed by atoms with Crippen LogP contribution in [0.25, 0.3) is 0 Å². The molecule has 18 heavy (non-hydrogen) atoms. The van der Waals surface area contributed by atoms with Gasteiger partial charge in [-0.3, -0.25) is 0 Å². The maximum absolute atomic E-state index is 13.2. The summed E-state index contributed by atoms with van der Waals surface area (Å²) in [6.07, 6.45) is 1.19. The molecule has 0 spiro atoms. The van der Waals surface area contributed by atoms with Crippen LogP contribution in [0.5, 0.6) is 5.88 Å². The molecular weight excluding hydrogens is 231 g/mol. The van der Waals surface area contributed by atoms with Gasteiger partial charge in [0.2, 0.25) is 5.88 Å². The monoisotopic (exact) mass is 254 g/mol. The van der Waals surface area contributed by atoms with E-state index in [2.05, 4.69) is 24.1 Å². The lowest BCUT2D eigenvalue weighted by Gasteiger charge is -2.22. The number of ether oxygens (including phenoxy) is 1. The highest BCUT2D eigenvalue weighted by molar-refractivity contribution is 5.26. The Kier molecular flexibility index (Phi) is 5.08. The average Bonchev–Trinajstić information content (AvgIpc) is 2.19. The van der Waals surface area contributed by atoms with Crippen LogP contribution < -0.4 is 10.1 Å². The van der Waals surface area contributed by atoms with Crippen molar-refractivity contribution in [3.8, 4) is 5.88 Å². The molecular formula is C14H23FN2O. The van der Waals surface area contributed by atoms with Crippen molar-refractivity contribution in [2.24, 2.45) is 5.92 Å². The highest BCUT2D eigenvalue weighted by Crippen LogP contribution is 2.21. The molecule has 1 aromatic heterocycles. The van der Waals surface area contributed by atoms with Gasteiger partial charge in [0.1, 0.15) is 11.4 Å². The van der Waals surface area contributed by atoms with Crippen molar-refractivity contribution in [2.75, 3.05) is 6.54 Å². The number of rotatable bonds is 5. The normalized spacial score (nSPS) is 11.9. The molecule has 0 atom stereocenters. The SMILES string of the molecule is CC(C)CNCc1cc(F)cnc1OC(C)(C)C. The van der Waals surface area contributed by atoms with Crippen molar-refractivity contribution in [1.82, 2.24) is 10.3 Å². The summed E-state index contributed by atoms with van der Waals surface area (Å²) in [5, 5.41) is 3.27. The Morgan fingerprint density at radius 3 is 2.61 bits per heavy atom. The Morgan fingerprint density at radius 1 is 1.39 bits per heavy atom. The van der Waals surface area contributed by atoms with E-state index in [1.165, 1.54) is 12.3 Å². The number of halogens is 1. The number of hydrogen-bond donors (Lipinski definition) is 1. The summed E-state index contributed by atoms with van der Waals surface area (Å²) >= 11 is 0. The predicted molar refractivity (Wildman–Crippen MR) is 71.1 cm³/mol. The smallest absolute Gasteiger partial charge is 0.218 e. The van der Waals surface area contributed by atoms with Gasteiger partial charge in [0.15, 0.2) is 0 Å². The maximum atomic E-state index is 13.2. The third-order valence-corrected chi connectivity index (χ3v) is 2.16. The molecule has 0 aliphatic carbocycles. The van der Waals surface area contributed by atoms with Crippen LogP contribution in [0.2, 0.25) is 0 Å². The van der Waals surface area contributed by atoms with Gasteiger partial charge in [0, 0.05) is 12.1 Å². The van der Waals surface area contributed by atoms with E-state index >= 15 is 0 Å². The second kappa shape index (κ2) is 6.14. The van der Waals surface area contributed by atoms with Crippen LogP contribution in [-0.4, -0.2) is 17.1 Å². The molecule has 0 amide bonds. The first kappa shape index (κ1) is 14.9. The molecule has 0 aliphatic rings. The standard InChI is InChI=1S/C14H23FN2O/c1-10(2)7-16-8-11-6-12(15)9-17-13(11)18-14(3,4)5/h6,9-10,16H,7-8H2,1-5H3. The molecule has 4 heteroatoms. The van der Waals surface area contributed by atoms with E-state index in [1.54, 1.807) is 0 Å². The predicted octanol–water partition coefficient (Wildman–Crippen LogP) is 3.14. The van der Waals surface area contributed by atoms with Crippen LogP contribution in [0.4, 0.5) is 4.39 Å². The van der Waals surface area contributed by atoms with Gasteiger partial charge in [-0.05, 0) is 39.3 Å². The Bertz CT molecular complexity index is 386. The number of aromatic nitrogens is 1. The average molecular weight is 254 g/mol. The van der Waals surface area contributed by atoms with Gasteiger partial charge in [-0.25, -0.2) is 9.37 Å². The summed E-state index contributed by atoms with van der Waals surface area (Å²) in [4.78, 5) is 4.02. The van der Waals surface area contributed by atoms with Gasteiger partial charge in [-0.15, -0.1) is 0 Å². The van der Waals surface area contributed by atoms with E-state index in [0.717, 1.165) is 12.1 Å². The van der Waals surface area contributed by atoms with Crippen molar-refractivity contribution in [3.05, 3.63) is 23.6 Å². The van der Waals surface area contributed by atoms with Crippen molar-refractivity contribution in [2.45, 2.75) is 46.8 Å².